The van der Waals surface area contributed by atoms with E-state index in [4.69, 9.17) is 5.11 Å². The Morgan fingerprint density at radius 2 is 1.83 bits per heavy atom. The van der Waals surface area contributed by atoms with Gasteiger partial charge in [0, 0.05) is 19.8 Å². The van der Waals surface area contributed by atoms with Gasteiger partial charge in [0.15, 0.2) is 0 Å². The summed E-state index contributed by atoms with van der Waals surface area (Å²) in [5.41, 5.74) is 1.30. The van der Waals surface area contributed by atoms with Crippen molar-refractivity contribution in [3.05, 3.63) is 11.3 Å². The van der Waals surface area contributed by atoms with Crippen LogP contribution >= 0.6 is 12.4 Å². The first-order valence-electron chi connectivity index (χ1n) is 3.61. The number of rotatable bonds is 3. The predicted octanol–water partition coefficient (Wildman–Crippen LogP) is 1.74. The quantitative estimate of drug-likeness (QED) is 0.695. The number of allylic oxidation sites excluding steroid dienone is 1. The highest BCUT2D eigenvalue weighted by Crippen LogP contribution is 2.10. The van der Waals surface area contributed by atoms with Crippen molar-refractivity contribution in [2.75, 3.05) is 14.1 Å². The summed E-state index contributed by atoms with van der Waals surface area (Å²) in [7, 11) is 3.70. The average molecular weight is 194 g/mol. The summed E-state index contributed by atoms with van der Waals surface area (Å²) in [4.78, 5) is 12.4. The molecule has 0 aliphatic heterocycles. The highest BCUT2D eigenvalue weighted by molar-refractivity contribution is 5.86. The molecule has 0 saturated carbocycles. The Morgan fingerprint density at radius 1 is 1.42 bits per heavy atom. The van der Waals surface area contributed by atoms with Crippen LogP contribution in [0.4, 0.5) is 0 Å². The van der Waals surface area contributed by atoms with Gasteiger partial charge < -0.3 is 10.0 Å². The van der Waals surface area contributed by atoms with Crippen LogP contribution in [0.25, 0.3) is 0 Å². The van der Waals surface area contributed by atoms with Crippen molar-refractivity contribution < 1.29 is 9.90 Å². The number of carboxylic acid groups (broad SMARTS) is 1. The third-order valence-electron chi connectivity index (χ3n) is 1.63. The molecule has 0 fully saturated rings. The van der Waals surface area contributed by atoms with Gasteiger partial charge in [-0.15, -0.1) is 12.4 Å². The molecule has 0 heterocycles. The molecule has 0 saturated heterocycles. The van der Waals surface area contributed by atoms with E-state index < -0.39 is 5.97 Å². The zero-order valence-corrected chi connectivity index (χ0v) is 8.73. The lowest BCUT2D eigenvalue weighted by Gasteiger charge is -2.17. The molecule has 4 heteroatoms. The Labute approximate surface area is 79.5 Å². The van der Waals surface area contributed by atoms with Crippen LogP contribution in [-0.4, -0.2) is 30.1 Å². The molecule has 0 atom stereocenters. The molecule has 0 bridgehead atoms. The van der Waals surface area contributed by atoms with Crippen LogP contribution in [0.15, 0.2) is 11.3 Å². The Balaban J connectivity index is 0. The molecule has 0 aliphatic carbocycles. The second-order valence-electron chi connectivity index (χ2n) is 2.62. The molecule has 72 valence electrons. The van der Waals surface area contributed by atoms with Gasteiger partial charge in [-0.3, -0.25) is 0 Å². The first-order chi connectivity index (χ1) is 5.00. The normalized spacial score (nSPS) is 11.3. The number of carbonyl (C=O) groups is 1. The van der Waals surface area contributed by atoms with Crippen molar-refractivity contribution in [1.82, 2.24) is 4.90 Å². The highest BCUT2D eigenvalue weighted by atomic mass is 35.5. The summed E-state index contributed by atoms with van der Waals surface area (Å²) in [6.07, 6.45) is 0.755. The predicted molar refractivity (Wildman–Crippen MR) is 51.6 cm³/mol. The van der Waals surface area contributed by atoms with Crippen LogP contribution < -0.4 is 0 Å². The van der Waals surface area contributed by atoms with Crippen LogP contribution in [0.1, 0.15) is 20.3 Å². The maximum Gasteiger partial charge on any atom is 0.333 e. The monoisotopic (exact) mass is 193 g/mol. The van der Waals surface area contributed by atoms with Crippen molar-refractivity contribution in [3.8, 4) is 0 Å². The molecule has 0 spiro atoms. The van der Waals surface area contributed by atoms with Crippen LogP contribution in [0.2, 0.25) is 0 Å². The Morgan fingerprint density at radius 3 is 1.92 bits per heavy atom. The first kappa shape index (κ1) is 13.9. The topological polar surface area (TPSA) is 40.5 Å². The van der Waals surface area contributed by atoms with Crippen molar-refractivity contribution in [2.24, 2.45) is 0 Å². The number of aliphatic carboxylic acids is 1. The van der Waals surface area contributed by atoms with Gasteiger partial charge in [0.05, 0.1) is 5.57 Å². The van der Waals surface area contributed by atoms with E-state index in [2.05, 4.69) is 0 Å². The zero-order chi connectivity index (χ0) is 9.02. The molecule has 0 aliphatic rings. The lowest BCUT2D eigenvalue weighted by atomic mass is 10.2. The second kappa shape index (κ2) is 5.89. The van der Waals surface area contributed by atoms with Crippen LogP contribution in [0, 0.1) is 0 Å². The SMILES string of the molecule is CCC(=C(C)C(=O)O)N(C)C.Cl. The summed E-state index contributed by atoms with van der Waals surface area (Å²) in [5.74, 6) is -0.837. The first-order valence-corrected chi connectivity index (χ1v) is 3.61. The molecule has 0 unspecified atom stereocenters. The summed E-state index contributed by atoms with van der Waals surface area (Å²) >= 11 is 0. The lowest BCUT2D eigenvalue weighted by Crippen LogP contribution is -2.15. The fraction of sp³-hybridized carbons (Fsp3) is 0.625. The van der Waals surface area contributed by atoms with Gasteiger partial charge in [0.25, 0.3) is 0 Å². The molecule has 0 aromatic carbocycles. The number of nitrogens with zero attached hydrogens (tertiary/aromatic N) is 1. The van der Waals surface area contributed by atoms with Gasteiger partial charge >= 0.3 is 5.97 Å². The molecular formula is C8H16ClNO2. The average Bonchev–Trinajstić information content (AvgIpc) is 1.88. The Hall–Kier alpha value is -0.700. The van der Waals surface area contributed by atoms with Crippen LogP contribution in [-0.2, 0) is 4.79 Å². The highest BCUT2D eigenvalue weighted by Gasteiger charge is 2.08. The van der Waals surface area contributed by atoms with Gasteiger partial charge in [-0.25, -0.2) is 4.79 Å². The lowest BCUT2D eigenvalue weighted by molar-refractivity contribution is -0.132. The van der Waals surface area contributed by atoms with Gasteiger partial charge in [0.1, 0.15) is 0 Å². The van der Waals surface area contributed by atoms with E-state index in [1.54, 1.807) is 6.92 Å². The smallest absolute Gasteiger partial charge is 0.333 e. The standard InChI is InChI=1S/C8H15NO2.ClH/c1-5-7(9(3)4)6(2)8(10)11;/h5H2,1-4H3,(H,10,11);1H. The van der Waals surface area contributed by atoms with E-state index in [1.807, 2.05) is 25.9 Å². The molecule has 0 aromatic heterocycles. The fourth-order valence-electron chi connectivity index (χ4n) is 1.04. The van der Waals surface area contributed by atoms with E-state index in [0.717, 1.165) is 12.1 Å². The zero-order valence-electron chi connectivity index (χ0n) is 7.92. The van der Waals surface area contributed by atoms with Gasteiger partial charge in [-0.05, 0) is 13.3 Å². The molecule has 1 N–H and O–H groups in total. The van der Waals surface area contributed by atoms with Crippen molar-refractivity contribution in [1.29, 1.82) is 0 Å². The van der Waals surface area contributed by atoms with Crippen LogP contribution in [0.5, 0.6) is 0 Å². The number of hydrogen-bond donors (Lipinski definition) is 1. The minimum absolute atomic E-state index is 0. The molecule has 0 aromatic rings. The van der Waals surface area contributed by atoms with Gasteiger partial charge in [-0.2, -0.15) is 0 Å². The number of halogens is 1. The minimum atomic E-state index is -0.837. The number of hydrogen-bond acceptors (Lipinski definition) is 2. The molecule has 12 heavy (non-hydrogen) atoms. The van der Waals surface area contributed by atoms with E-state index in [1.165, 1.54) is 0 Å². The van der Waals surface area contributed by atoms with Gasteiger partial charge in [0.2, 0.25) is 0 Å². The molecule has 0 rings (SSSR count). The summed E-state index contributed by atoms with van der Waals surface area (Å²) < 4.78 is 0. The van der Waals surface area contributed by atoms with E-state index in [-0.39, 0.29) is 12.4 Å². The van der Waals surface area contributed by atoms with E-state index >= 15 is 0 Å². The summed E-state index contributed by atoms with van der Waals surface area (Å²) in [6, 6.07) is 0. The minimum Gasteiger partial charge on any atom is -0.478 e. The molecule has 3 nitrogen and oxygen atoms in total. The third kappa shape index (κ3) is 3.62. The maximum absolute atomic E-state index is 10.5. The second-order valence-corrected chi connectivity index (χ2v) is 2.62. The Kier molecular flexibility index (Phi) is 6.80. The van der Waals surface area contributed by atoms with Crippen LogP contribution in [0.3, 0.4) is 0 Å². The van der Waals surface area contributed by atoms with Crippen molar-refractivity contribution in [2.45, 2.75) is 20.3 Å². The molecule has 0 amide bonds. The fourth-order valence-corrected chi connectivity index (χ4v) is 1.04. The largest absolute Gasteiger partial charge is 0.478 e. The van der Waals surface area contributed by atoms with Crippen molar-refractivity contribution in [3.63, 3.8) is 0 Å². The number of carboxylic acids is 1. The summed E-state index contributed by atoms with van der Waals surface area (Å²) in [5, 5.41) is 8.65. The molecular weight excluding hydrogens is 178 g/mol. The summed E-state index contributed by atoms with van der Waals surface area (Å²) in [6.45, 7) is 3.57. The Bertz CT molecular complexity index is 187. The maximum atomic E-state index is 10.5. The van der Waals surface area contributed by atoms with E-state index in [9.17, 15) is 4.79 Å². The van der Waals surface area contributed by atoms with E-state index in [0.29, 0.717) is 5.57 Å². The third-order valence-corrected chi connectivity index (χ3v) is 1.63. The van der Waals surface area contributed by atoms with Gasteiger partial charge in [-0.1, -0.05) is 6.92 Å². The van der Waals surface area contributed by atoms with Crippen molar-refractivity contribution >= 4 is 18.4 Å². The molecule has 0 radical (unpaired) electrons.